The molecule has 7 rings (SSSR count). The monoisotopic (exact) mass is 420 g/mol. The molecule has 0 unspecified atom stereocenters. The second-order valence-electron chi connectivity index (χ2n) is 8.04. The maximum Gasteiger partial charge on any atom is 0.177 e. The van der Waals surface area contributed by atoms with Crippen molar-refractivity contribution in [2.24, 2.45) is 0 Å². The van der Waals surface area contributed by atoms with E-state index >= 15 is 0 Å². The lowest BCUT2D eigenvalue weighted by atomic mass is 9.89. The Hall–Kier alpha value is -5.00. The molecule has 0 N–H and O–H groups in total. The van der Waals surface area contributed by atoms with Crippen LogP contribution in [0.1, 0.15) is 11.4 Å². The summed E-state index contributed by atoms with van der Waals surface area (Å²) < 4.78 is 5.68. The molecule has 2 heterocycles. The summed E-state index contributed by atoms with van der Waals surface area (Å²) in [4.78, 5) is 9.32. The van der Waals surface area contributed by atoms with Crippen LogP contribution in [0, 0.1) is 22.7 Å². The lowest BCUT2D eigenvalue weighted by Gasteiger charge is -2.15. The van der Waals surface area contributed by atoms with E-state index in [1.54, 1.807) is 6.26 Å². The van der Waals surface area contributed by atoms with E-state index in [-0.39, 0.29) is 11.4 Å². The molecule has 2 aromatic heterocycles. The fourth-order valence-electron chi connectivity index (χ4n) is 5.03. The van der Waals surface area contributed by atoms with Crippen LogP contribution in [0.3, 0.4) is 0 Å². The van der Waals surface area contributed by atoms with Gasteiger partial charge in [0, 0.05) is 21.5 Å². The average molecular weight is 420 g/mol. The Labute approximate surface area is 186 Å². The number of aromatic nitrogens is 2. The van der Waals surface area contributed by atoms with E-state index in [9.17, 15) is 10.5 Å². The molecule has 150 valence electrons. The molecule has 0 saturated heterocycles. The zero-order chi connectivity index (χ0) is 22.1. The number of hydrogen-bond acceptors (Lipinski definition) is 5. The van der Waals surface area contributed by atoms with Crippen molar-refractivity contribution in [1.29, 1.82) is 10.5 Å². The fraction of sp³-hybridized carbons (Fsp3) is 0. The lowest BCUT2D eigenvalue weighted by Crippen LogP contribution is -1.98. The highest BCUT2D eigenvalue weighted by Crippen LogP contribution is 2.43. The molecule has 7 aromatic rings. The van der Waals surface area contributed by atoms with Gasteiger partial charge in [-0.05, 0) is 45.1 Å². The van der Waals surface area contributed by atoms with Crippen molar-refractivity contribution in [1.82, 2.24) is 9.97 Å². The summed E-state index contributed by atoms with van der Waals surface area (Å²) in [6.45, 7) is 0. The predicted octanol–water partition coefficient (Wildman–Crippen LogP) is 6.73. The van der Waals surface area contributed by atoms with Gasteiger partial charge in [0.2, 0.25) is 0 Å². The zero-order valence-electron chi connectivity index (χ0n) is 17.1. The molecule has 0 bridgehead atoms. The first kappa shape index (κ1) is 17.7. The van der Waals surface area contributed by atoms with Gasteiger partial charge in [-0.25, -0.2) is 9.97 Å². The molecule has 5 aromatic carbocycles. The number of benzene rings is 5. The van der Waals surface area contributed by atoms with Gasteiger partial charge in [-0.1, -0.05) is 48.5 Å². The minimum Gasteiger partial charge on any atom is -0.464 e. The quantitative estimate of drug-likeness (QED) is 0.254. The van der Waals surface area contributed by atoms with Gasteiger partial charge in [0.25, 0.3) is 0 Å². The van der Waals surface area contributed by atoms with E-state index in [4.69, 9.17) is 9.40 Å². The molecule has 0 saturated carbocycles. The van der Waals surface area contributed by atoms with Gasteiger partial charge >= 0.3 is 0 Å². The molecule has 0 atom stereocenters. The summed E-state index contributed by atoms with van der Waals surface area (Å²) in [5.74, 6) is 0. The van der Waals surface area contributed by atoms with Gasteiger partial charge in [0.15, 0.2) is 11.4 Å². The zero-order valence-corrected chi connectivity index (χ0v) is 17.1. The maximum absolute atomic E-state index is 9.67. The van der Waals surface area contributed by atoms with Crippen molar-refractivity contribution < 1.29 is 4.42 Å². The van der Waals surface area contributed by atoms with Crippen molar-refractivity contribution in [3.63, 3.8) is 0 Å². The summed E-state index contributed by atoms with van der Waals surface area (Å²) >= 11 is 0. The molecule has 0 radical (unpaired) electrons. The van der Waals surface area contributed by atoms with Crippen molar-refractivity contribution in [2.45, 2.75) is 0 Å². The summed E-state index contributed by atoms with van der Waals surface area (Å²) in [5.41, 5.74) is 1.99. The van der Waals surface area contributed by atoms with Crippen molar-refractivity contribution in [3.8, 4) is 12.1 Å². The first-order valence-corrected chi connectivity index (χ1v) is 10.5. The van der Waals surface area contributed by atoms with E-state index < -0.39 is 0 Å². The first-order chi connectivity index (χ1) is 16.3. The van der Waals surface area contributed by atoms with Gasteiger partial charge in [-0.3, -0.25) is 0 Å². The van der Waals surface area contributed by atoms with Crippen LogP contribution in [-0.4, -0.2) is 9.97 Å². The predicted molar refractivity (Wildman–Crippen MR) is 129 cm³/mol. The highest BCUT2D eigenvalue weighted by atomic mass is 16.3. The van der Waals surface area contributed by atoms with Gasteiger partial charge < -0.3 is 4.42 Å². The molecule has 0 aliphatic heterocycles. The minimum absolute atomic E-state index is 0.0234. The molecule has 0 fully saturated rings. The molecular formula is C28H12N4O. The number of rotatable bonds is 0. The smallest absolute Gasteiger partial charge is 0.177 e. The van der Waals surface area contributed by atoms with Crippen LogP contribution in [0.25, 0.3) is 65.1 Å². The third kappa shape index (κ3) is 2.23. The Bertz CT molecular complexity index is 2060. The van der Waals surface area contributed by atoms with Gasteiger partial charge in [0.05, 0.1) is 17.3 Å². The van der Waals surface area contributed by atoms with Crippen LogP contribution < -0.4 is 0 Å². The van der Waals surface area contributed by atoms with E-state index in [0.717, 1.165) is 54.1 Å². The molecule has 5 heteroatoms. The second-order valence-corrected chi connectivity index (χ2v) is 8.04. The van der Waals surface area contributed by atoms with Gasteiger partial charge in [-0.15, -0.1) is 0 Å². The Balaban J connectivity index is 1.94. The fourth-order valence-corrected chi connectivity index (χ4v) is 5.03. The minimum atomic E-state index is 0.0234. The third-order valence-corrected chi connectivity index (χ3v) is 6.39. The Morgan fingerprint density at radius 1 is 0.606 bits per heavy atom. The Kier molecular flexibility index (Phi) is 3.35. The Morgan fingerprint density at radius 2 is 1.21 bits per heavy atom. The topological polar surface area (TPSA) is 86.5 Å². The molecule has 0 aliphatic carbocycles. The van der Waals surface area contributed by atoms with Crippen molar-refractivity contribution in [2.75, 3.05) is 0 Å². The highest BCUT2D eigenvalue weighted by Gasteiger charge is 2.20. The largest absolute Gasteiger partial charge is 0.464 e. The molecule has 33 heavy (non-hydrogen) atoms. The molecule has 0 amide bonds. The summed E-state index contributed by atoms with van der Waals surface area (Å²) in [6, 6.07) is 26.7. The van der Waals surface area contributed by atoms with Crippen LogP contribution in [-0.2, 0) is 0 Å². The number of hydrogen-bond donors (Lipinski definition) is 0. The first-order valence-electron chi connectivity index (χ1n) is 10.5. The van der Waals surface area contributed by atoms with Crippen molar-refractivity contribution in [3.05, 3.63) is 84.4 Å². The molecule has 5 nitrogen and oxygen atoms in total. The van der Waals surface area contributed by atoms with E-state index in [1.165, 1.54) is 0 Å². The number of nitrogens with zero attached hydrogens (tertiary/aromatic N) is 4. The summed E-state index contributed by atoms with van der Waals surface area (Å²) in [5, 5.41) is 28.5. The second kappa shape index (κ2) is 6.26. The SMILES string of the molecule is N#Cc1nc2c3cc4occc4cc3c3c4ccccc4c4ccccc4c3c2nc1C#N. The number of nitriles is 2. The number of fused-ring (bicyclic) bond motifs is 12. The van der Waals surface area contributed by atoms with Crippen LogP contribution in [0.4, 0.5) is 0 Å². The normalized spacial score (nSPS) is 11.6. The van der Waals surface area contributed by atoms with Crippen LogP contribution >= 0.6 is 0 Å². The Morgan fingerprint density at radius 3 is 1.88 bits per heavy atom. The number of furan rings is 1. The van der Waals surface area contributed by atoms with E-state index in [1.807, 2.05) is 48.5 Å². The van der Waals surface area contributed by atoms with Crippen LogP contribution in [0.15, 0.2) is 77.4 Å². The average Bonchev–Trinajstić information content (AvgIpc) is 3.34. The van der Waals surface area contributed by atoms with E-state index in [2.05, 4.69) is 35.3 Å². The third-order valence-electron chi connectivity index (χ3n) is 6.39. The van der Waals surface area contributed by atoms with Gasteiger partial charge in [-0.2, -0.15) is 10.5 Å². The highest BCUT2D eigenvalue weighted by molar-refractivity contribution is 6.39. The summed E-state index contributed by atoms with van der Waals surface area (Å²) in [6.07, 6.45) is 1.67. The molecule has 0 aliphatic rings. The van der Waals surface area contributed by atoms with Gasteiger partial charge in [0.1, 0.15) is 17.7 Å². The molecular weight excluding hydrogens is 408 g/mol. The van der Waals surface area contributed by atoms with Crippen LogP contribution in [0.5, 0.6) is 0 Å². The lowest BCUT2D eigenvalue weighted by molar-refractivity contribution is 0.616. The molecule has 0 spiro atoms. The van der Waals surface area contributed by atoms with E-state index in [0.29, 0.717) is 11.0 Å². The summed E-state index contributed by atoms with van der Waals surface area (Å²) in [7, 11) is 0. The maximum atomic E-state index is 9.67. The standard InChI is InChI=1S/C28H12N4O/c29-13-22-23(14-30)32-28-26-19-8-4-2-6-17(19)16-5-1-3-7-18(16)25(26)20-11-15-9-10-33-24(15)12-21(20)27(28)31-22/h1-12H. The van der Waals surface area contributed by atoms with Crippen LogP contribution in [0.2, 0.25) is 0 Å². The van der Waals surface area contributed by atoms with Crippen molar-refractivity contribution >= 4 is 65.1 Å².